The lowest BCUT2D eigenvalue weighted by Crippen LogP contribution is -1.78. The predicted octanol–water partition coefficient (Wildman–Crippen LogP) is 3.96. The third-order valence-electron chi connectivity index (χ3n) is 2.03. The Morgan fingerprint density at radius 2 is 1.50 bits per heavy atom. The molecule has 0 aromatic heterocycles. The van der Waals surface area contributed by atoms with Gasteiger partial charge in [-0.15, -0.1) is 11.8 Å². The van der Waals surface area contributed by atoms with Crippen LogP contribution < -0.4 is 0 Å². The Morgan fingerprint density at radius 1 is 0.917 bits per heavy atom. The molecule has 0 aliphatic carbocycles. The summed E-state index contributed by atoms with van der Waals surface area (Å²) in [4.78, 5) is 0. The highest BCUT2D eigenvalue weighted by atomic mass is 13.9. The standard InChI is InChI=1S/C12H21/c1-3-5-7-9-11-12-10-8-6-4-2/h1,4,6-12H2,2H3. The van der Waals surface area contributed by atoms with E-state index in [0.717, 1.165) is 6.42 Å². The number of unbranched alkanes of at least 4 members (excludes halogenated alkanes) is 7. The van der Waals surface area contributed by atoms with Gasteiger partial charge in [0.15, 0.2) is 0 Å². The molecule has 0 heteroatoms. The van der Waals surface area contributed by atoms with Crippen molar-refractivity contribution in [2.45, 2.75) is 58.3 Å². The number of hydrogen-bond donors (Lipinski definition) is 0. The number of rotatable bonds is 7. The largest absolute Gasteiger partial charge is 0.103 e. The van der Waals surface area contributed by atoms with Crippen LogP contribution in [-0.2, 0) is 0 Å². The first-order chi connectivity index (χ1) is 5.91. The number of hydrogen-bond acceptors (Lipinski definition) is 0. The summed E-state index contributed by atoms with van der Waals surface area (Å²) < 4.78 is 0. The van der Waals surface area contributed by atoms with Crippen LogP contribution in [0.2, 0.25) is 0 Å². The van der Waals surface area contributed by atoms with Crippen LogP contribution in [0.4, 0.5) is 0 Å². The van der Waals surface area contributed by atoms with Gasteiger partial charge in [-0.3, -0.25) is 0 Å². The van der Waals surface area contributed by atoms with Crippen LogP contribution >= 0.6 is 0 Å². The Hall–Kier alpha value is -0.440. The second-order valence-electron chi connectivity index (χ2n) is 3.22. The summed E-state index contributed by atoms with van der Waals surface area (Å²) in [5.74, 6) is 5.67. The maximum absolute atomic E-state index is 3.48. The summed E-state index contributed by atoms with van der Waals surface area (Å²) in [5, 5.41) is 0. The fraction of sp³-hybridized carbons (Fsp3) is 0.750. The van der Waals surface area contributed by atoms with Gasteiger partial charge in [0.2, 0.25) is 0 Å². The fourth-order valence-electron chi connectivity index (χ4n) is 1.26. The molecule has 0 saturated heterocycles. The van der Waals surface area contributed by atoms with Crippen molar-refractivity contribution in [1.82, 2.24) is 0 Å². The molecular formula is C12H21. The van der Waals surface area contributed by atoms with Crippen LogP contribution in [0.1, 0.15) is 58.3 Å². The lowest BCUT2D eigenvalue weighted by Gasteiger charge is -1.97. The zero-order chi connectivity index (χ0) is 9.07. The first kappa shape index (κ1) is 11.6. The Balaban J connectivity index is 2.84. The van der Waals surface area contributed by atoms with E-state index in [4.69, 9.17) is 0 Å². The van der Waals surface area contributed by atoms with E-state index in [1.54, 1.807) is 0 Å². The van der Waals surface area contributed by atoms with Crippen LogP contribution in [0.3, 0.4) is 0 Å². The van der Waals surface area contributed by atoms with Gasteiger partial charge in [0, 0.05) is 13.3 Å². The highest BCUT2D eigenvalue weighted by Crippen LogP contribution is 2.07. The van der Waals surface area contributed by atoms with E-state index in [2.05, 4.69) is 25.7 Å². The van der Waals surface area contributed by atoms with Gasteiger partial charge < -0.3 is 0 Å². The van der Waals surface area contributed by atoms with Gasteiger partial charge in [0.1, 0.15) is 0 Å². The van der Waals surface area contributed by atoms with Crippen LogP contribution in [0, 0.1) is 18.8 Å². The zero-order valence-corrected chi connectivity index (χ0v) is 8.36. The molecule has 0 N–H and O–H groups in total. The fourth-order valence-corrected chi connectivity index (χ4v) is 1.26. The summed E-state index contributed by atoms with van der Waals surface area (Å²) in [5.41, 5.74) is 0. The lowest BCUT2D eigenvalue weighted by atomic mass is 10.1. The minimum absolute atomic E-state index is 1.04. The minimum Gasteiger partial charge on any atom is -0.103 e. The van der Waals surface area contributed by atoms with Gasteiger partial charge in [-0.1, -0.05) is 45.4 Å². The first-order valence-corrected chi connectivity index (χ1v) is 5.16. The quantitative estimate of drug-likeness (QED) is 0.395. The van der Waals surface area contributed by atoms with Gasteiger partial charge in [0.05, 0.1) is 0 Å². The van der Waals surface area contributed by atoms with Crippen LogP contribution in [-0.4, -0.2) is 0 Å². The molecule has 0 aliphatic heterocycles. The van der Waals surface area contributed by atoms with Gasteiger partial charge in [-0.05, 0) is 6.42 Å². The van der Waals surface area contributed by atoms with Crippen LogP contribution in [0.25, 0.3) is 0 Å². The molecule has 0 rings (SSSR count). The molecule has 0 nitrogen and oxygen atoms in total. The van der Waals surface area contributed by atoms with E-state index in [0.29, 0.717) is 0 Å². The molecule has 0 aromatic rings. The van der Waals surface area contributed by atoms with Crippen molar-refractivity contribution in [3.8, 4) is 11.8 Å². The SMILES string of the molecule is [CH2]C#CCCCCCCCCC. The molecule has 12 heavy (non-hydrogen) atoms. The molecule has 0 saturated carbocycles. The van der Waals surface area contributed by atoms with Crippen LogP contribution in [0.15, 0.2) is 0 Å². The highest BCUT2D eigenvalue weighted by Gasteiger charge is 1.88. The van der Waals surface area contributed by atoms with Crippen molar-refractivity contribution >= 4 is 0 Å². The molecule has 0 fully saturated rings. The molecule has 0 bridgehead atoms. The molecular weight excluding hydrogens is 144 g/mol. The van der Waals surface area contributed by atoms with Crippen molar-refractivity contribution in [2.24, 2.45) is 0 Å². The van der Waals surface area contributed by atoms with Gasteiger partial charge >= 0.3 is 0 Å². The molecule has 0 aliphatic rings. The minimum atomic E-state index is 1.04. The summed E-state index contributed by atoms with van der Waals surface area (Å²) in [6.07, 6.45) is 10.6. The van der Waals surface area contributed by atoms with Crippen molar-refractivity contribution in [2.75, 3.05) is 0 Å². The molecule has 0 aromatic carbocycles. The van der Waals surface area contributed by atoms with Crippen molar-refractivity contribution < 1.29 is 0 Å². The van der Waals surface area contributed by atoms with E-state index in [-0.39, 0.29) is 0 Å². The van der Waals surface area contributed by atoms with Gasteiger partial charge in [0.25, 0.3) is 0 Å². The third-order valence-corrected chi connectivity index (χ3v) is 2.03. The first-order valence-electron chi connectivity index (χ1n) is 5.16. The normalized spacial score (nSPS) is 9.17. The van der Waals surface area contributed by atoms with E-state index in [1.807, 2.05) is 0 Å². The molecule has 69 valence electrons. The highest BCUT2D eigenvalue weighted by molar-refractivity contribution is 5.00. The van der Waals surface area contributed by atoms with Gasteiger partial charge in [-0.25, -0.2) is 0 Å². The van der Waals surface area contributed by atoms with E-state index < -0.39 is 0 Å². The van der Waals surface area contributed by atoms with E-state index >= 15 is 0 Å². The lowest BCUT2D eigenvalue weighted by molar-refractivity contribution is 0.594. The zero-order valence-electron chi connectivity index (χ0n) is 8.36. The van der Waals surface area contributed by atoms with Crippen molar-refractivity contribution in [3.63, 3.8) is 0 Å². The molecule has 0 amide bonds. The topological polar surface area (TPSA) is 0 Å². The Labute approximate surface area is 77.8 Å². The second-order valence-corrected chi connectivity index (χ2v) is 3.22. The Kier molecular flexibility index (Phi) is 10.2. The monoisotopic (exact) mass is 165 g/mol. The molecule has 1 radical (unpaired) electrons. The second kappa shape index (κ2) is 10.6. The van der Waals surface area contributed by atoms with Crippen molar-refractivity contribution in [1.29, 1.82) is 0 Å². The summed E-state index contributed by atoms with van der Waals surface area (Å²) in [7, 11) is 0. The molecule has 0 atom stereocenters. The average Bonchev–Trinajstić information content (AvgIpc) is 2.10. The molecule has 0 heterocycles. The summed E-state index contributed by atoms with van der Waals surface area (Å²) in [6, 6.07) is 0. The Bertz CT molecular complexity index is 125. The molecule has 0 spiro atoms. The van der Waals surface area contributed by atoms with E-state index in [9.17, 15) is 0 Å². The molecule has 0 unspecified atom stereocenters. The third kappa shape index (κ3) is 9.56. The van der Waals surface area contributed by atoms with E-state index in [1.165, 1.54) is 44.9 Å². The average molecular weight is 165 g/mol. The smallest absolute Gasteiger partial charge is 0.0198 e. The van der Waals surface area contributed by atoms with Crippen molar-refractivity contribution in [3.05, 3.63) is 6.92 Å². The maximum Gasteiger partial charge on any atom is 0.0198 e. The summed E-state index contributed by atoms with van der Waals surface area (Å²) >= 11 is 0. The Morgan fingerprint density at radius 3 is 2.08 bits per heavy atom. The maximum atomic E-state index is 3.48. The van der Waals surface area contributed by atoms with Crippen LogP contribution in [0.5, 0.6) is 0 Å². The van der Waals surface area contributed by atoms with Gasteiger partial charge in [-0.2, -0.15) is 0 Å². The summed E-state index contributed by atoms with van der Waals surface area (Å²) in [6.45, 7) is 5.74. The predicted molar refractivity (Wildman–Crippen MR) is 55.7 cm³/mol.